The first kappa shape index (κ1) is 56.8. The van der Waals surface area contributed by atoms with Crippen LogP contribution in [0.2, 0.25) is 61.0 Å². The quantitative estimate of drug-likeness (QED) is 0.0328. The molecule has 3 aromatic rings. The molecule has 1 aromatic carbocycles. The van der Waals surface area contributed by atoms with Crippen molar-refractivity contribution in [2.24, 2.45) is 0 Å². The van der Waals surface area contributed by atoms with Crippen molar-refractivity contribution in [2.75, 3.05) is 0 Å². The first-order valence-electron chi connectivity index (χ1n) is 25.7. The third-order valence-corrected chi connectivity index (χ3v) is 40.4. The van der Waals surface area contributed by atoms with E-state index in [1.54, 1.807) is 5.79 Å². The second-order valence-corrected chi connectivity index (χ2v) is 54.0. The van der Waals surface area contributed by atoms with Crippen molar-refractivity contribution >= 4 is 103 Å². The van der Waals surface area contributed by atoms with Gasteiger partial charge < -0.3 is 0 Å². The fourth-order valence-corrected chi connectivity index (χ4v) is 29.5. The second-order valence-electron chi connectivity index (χ2n) is 20.0. The van der Waals surface area contributed by atoms with Crippen LogP contribution in [0.5, 0.6) is 11.5 Å². The van der Waals surface area contributed by atoms with Gasteiger partial charge in [0, 0.05) is 7.43 Å². The van der Waals surface area contributed by atoms with E-state index in [2.05, 4.69) is 101 Å². The summed E-state index contributed by atoms with van der Waals surface area (Å²) in [4.78, 5) is 13.1. The van der Waals surface area contributed by atoms with Crippen molar-refractivity contribution in [3.05, 3.63) is 19.6 Å². The van der Waals surface area contributed by atoms with Crippen molar-refractivity contribution in [1.82, 2.24) is 0 Å². The molecule has 0 fully saturated rings. The Balaban J connectivity index is 0.0000124. The molecule has 2 aromatic heterocycles. The van der Waals surface area contributed by atoms with E-state index in [1.807, 2.05) is 0 Å². The summed E-state index contributed by atoms with van der Waals surface area (Å²) in [7, 11) is -4.21. The third-order valence-electron chi connectivity index (χ3n) is 13.2. The molecule has 0 aliphatic rings. The number of rotatable bonds is 36. The Labute approximate surface area is 396 Å². The summed E-state index contributed by atoms with van der Waals surface area (Å²) in [5.74, 6) is 2.66. The Morgan fingerprint density at radius 1 is 0.450 bits per heavy atom. The number of benzene rings is 1. The number of fused-ring (bicyclic) bond motifs is 2. The summed E-state index contributed by atoms with van der Waals surface area (Å²) in [6, 6.07) is 13.4. The zero-order valence-electron chi connectivity index (χ0n) is 42.0. The Bertz CT molecular complexity index is 1400. The molecular formula is C52H98O2S2Si2Sn2+. The molecule has 0 amide bonds. The number of unbranched alkanes of at least 4 members (excludes halogenated alkanes) is 18. The van der Waals surface area contributed by atoms with Crippen LogP contribution in [-0.2, 0) is 0 Å². The summed E-state index contributed by atoms with van der Waals surface area (Å²) in [5.41, 5.74) is 0. The van der Waals surface area contributed by atoms with E-state index in [9.17, 15) is 0 Å². The first-order valence-corrected chi connectivity index (χ1v) is 49.5. The van der Waals surface area contributed by atoms with Crippen LogP contribution in [0.15, 0.2) is 12.1 Å². The molecule has 0 saturated carbocycles. The molecule has 0 atom stereocenters. The third kappa shape index (κ3) is 18.5. The molecule has 0 bridgehead atoms. The van der Waals surface area contributed by atoms with Crippen LogP contribution in [0.4, 0.5) is 0 Å². The molecule has 0 spiro atoms. The van der Waals surface area contributed by atoms with Gasteiger partial charge in [-0.1, -0.05) is 0 Å². The van der Waals surface area contributed by atoms with Crippen LogP contribution in [0.25, 0.3) is 20.2 Å². The van der Waals surface area contributed by atoms with Gasteiger partial charge in [0.25, 0.3) is 0 Å². The molecule has 8 heteroatoms. The van der Waals surface area contributed by atoms with Gasteiger partial charge in [-0.25, -0.2) is 0 Å². The molecule has 2 heterocycles. The van der Waals surface area contributed by atoms with Gasteiger partial charge in [0.05, 0.1) is 0 Å². The van der Waals surface area contributed by atoms with Crippen molar-refractivity contribution in [3.8, 4) is 11.5 Å². The predicted molar refractivity (Wildman–Crippen MR) is 290 cm³/mol. The van der Waals surface area contributed by atoms with Gasteiger partial charge in [-0.15, -0.1) is 0 Å². The smallest absolute Gasteiger partial charge is 0.0467 e. The summed E-state index contributed by atoms with van der Waals surface area (Å²) < 4.78 is 22.8. The first-order chi connectivity index (χ1) is 28.4. The molecular weight excluding hydrogens is 1010 g/mol. The van der Waals surface area contributed by atoms with Crippen LogP contribution in [0, 0.1) is 7.43 Å². The maximum atomic E-state index is 8.21. The van der Waals surface area contributed by atoms with Crippen molar-refractivity contribution < 1.29 is 8.85 Å². The maximum Gasteiger partial charge on any atom is 0.0467 e. The molecule has 1 radical (unpaired) electrons. The zero-order valence-corrected chi connectivity index (χ0v) is 51.3. The van der Waals surface area contributed by atoms with Gasteiger partial charge in [0.15, 0.2) is 0 Å². The second kappa shape index (κ2) is 30.8. The average Bonchev–Trinajstić information content (AvgIpc) is 3.87. The molecule has 0 N–H and O–H groups in total. The fraction of sp³-hybridized carbons (Fsp3) is 0.788. The Hall–Kier alpha value is 0.641. The van der Waals surface area contributed by atoms with E-state index in [4.69, 9.17) is 8.85 Å². The van der Waals surface area contributed by atoms with Crippen molar-refractivity contribution in [2.45, 2.75) is 257 Å². The van der Waals surface area contributed by atoms with Crippen molar-refractivity contribution in [3.63, 3.8) is 0 Å². The minimum atomic E-state index is -2.46. The Morgan fingerprint density at radius 2 is 0.750 bits per heavy atom. The average molecular weight is 1110 g/mol. The minimum absolute atomic E-state index is 0. The van der Waals surface area contributed by atoms with E-state index in [0.29, 0.717) is 0 Å². The largest absolute Gasteiger partial charge is 0.0467 e. The summed E-state index contributed by atoms with van der Waals surface area (Å²) in [6.07, 6.45) is 32.3. The summed E-state index contributed by atoms with van der Waals surface area (Å²) >= 11 is 0.157. The fourth-order valence-electron chi connectivity index (χ4n) is 9.25. The molecule has 0 aliphatic carbocycles. The summed E-state index contributed by atoms with van der Waals surface area (Å²) in [6.45, 7) is 14.2. The monoisotopic (exact) mass is 1110 g/mol. The van der Waals surface area contributed by atoms with E-state index in [1.165, 1.54) is 222 Å². The van der Waals surface area contributed by atoms with Gasteiger partial charge >= 0.3 is 392 Å². The SMILES string of the molecule is CCCCCC[Si](CCCCCC)(CCCCCC)Oc1c2c[c]([Sn]([CH3])([CH3])[CH3])sc2c(O[Si](CCCCCC)(CCCCCC)CCCCCC)c2c[c]([Sn]([CH3])[CH3])sc12.[CH3+]. The molecule has 2 nitrogen and oxygen atoms in total. The van der Waals surface area contributed by atoms with Gasteiger partial charge in [-0.3, -0.25) is 0 Å². The number of thiophene rings is 2. The molecule has 60 heavy (non-hydrogen) atoms. The normalized spacial score (nSPS) is 12.6. The van der Waals surface area contributed by atoms with E-state index < -0.39 is 54.8 Å². The Kier molecular flexibility index (Phi) is 29.1. The van der Waals surface area contributed by atoms with E-state index in [-0.39, 0.29) is 7.43 Å². The van der Waals surface area contributed by atoms with E-state index in [0.717, 1.165) is 0 Å². The van der Waals surface area contributed by atoms with Gasteiger partial charge in [-0.05, 0) is 0 Å². The van der Waals surface area contributed by atoms with Crippen LogP contribution < -0.4 is 14.6 Å². The standard InChI is InChI=1S/C46H80O2S2Si2.6CH3.2Sn/c1-7-13-19-25-35-51(36-26-20-14-8-2,37-27-21-15-9-3)47-43-41-31-33-50-46(41)44(42-32-34-49-45(42)43)48-52(38-28-22-16-10-4,39-29-23-17-11-5)40-30-24-18-12-6;;;;;;;;/h31-32H,7-30,35-40H2,1-6H3;6*1H3;;/q;;;;;;+1;;. The molecule has 345 valence electrons. The maximum absolute atomic E-state index is 8.21. The molecule has 3 rings (SSSR count). The number of hydrogen-bond acceptors (Lipinski definition) is 4. The predicted octanol–water partition coefficient (Wildman–Crippen LogP) is 19.2. The van der Waals surface area contributed by atoms with Crippen molar-refractivity contribution in [1.29, 1.82) is 0 Å². The molecule has 0 unspecified atom stereocenters. The van der Waals surface area contributed by atoms with Crippen LogP contribution in [0.1, 0.15) is 196 Å². The van der Waals surface area contributed by atoms with Gasteiger partial charge in [0.2, 0.25) is 0 Å². The van der Waals surface area contributed by atoms with Gasteiger partial charge in [-0.2, -0.15) is 0 Å². The van der Waals surface area contributed by atoms with Crippen LogP contribution >= 0.6 is 22.7 Å². The Morgan fingerprint density at radius 3 is 1.03 bits per heavy atom. The molecule has 0 aliphatic heterocycles. The van der Waals surface area contributed by atoms with Crippen LogP contribution in [0.3, 0.4) is 0 Å². The van der Waals surface area contributed by atoms with Crippen LogP contribution in [-0.4, -0.2) is 54.8 Å². The molecule has 0 saturated heterocycles. The van der Waals surface area contributed by atoms with E-state index >= 15 is 0 Å². The topological polar surface area (TPSA) is 18.5 Å². The van der Waals surface area contributed by atoms with Gasteiger partial charge in [0.1, 0.15) is 0 Å². The summed E-state index contributed by atoms with van der Waals surface area (Å²) in [5, 5.41) is 2.92. The zero-order chi connectivity index (χ0) is 43.2. The number of hydrogen-bond donors (Lipinski definition) is 0. The minimum Gasteiger partial charge on any atom is 0.0467 e.